The molecular weight excluding hydrogens is 388 g/mol. The van der Waals surface area contributed by atoms with Crippen molar-refractivity contribution in [3.63, 3.8) is 0 Å². The van der Waals surface area contributed by atoms with Gasteiger partial charge in [-0.2, -0.15) is 15.2 Å². The Kier molecular flexibility index (Phi) is 5.32. The van der Waals surface area contributed by atoms with Crippen LogP contribution >= 0.6 is 11.6 Å². The largest absolute Gasteiger partial charge is 0.493 e. The molecule has 0 radical (unpaired) electrons. The van der Waals surface area contributed by atoms with E-state index in [9.17, 15) is 9.59 Å². The van der Waals surface area contributed by atoms with Gasteiger partial charge in [0, 0.05) is 14.1 Å². The molecule has 0 spiro atoms. The maximum atomic E-state index is 12.7. The number of rotatable bonds is 5. The number of methoxy groups -OCH3 is 2. The van der Waals surface area contributed by atoms with Gasteiger partial charge >= 0.3 is 0 Å². The van der Waals surface area contributed by atoms with Crippen molar-refractivity contribution in [2.24, 2.45) is 14.1 Å². The molecule has 0 aliphatic carbocycles. The van der Waals surface area contributed by atoms with Crippen molar-refractivity contribution in [3.8, 4) is 22.6 Å². The van der Waals surface area contributed by atoms with E-state index in [1.165, 1.54) is 32.3 Å². The minimum absolute atomic E-state index is 0.0880. The Morgan fingerprint density at radius 3 is 2.46 bits per heavy atom. The predicted molar refractivity (Wildman–Crippen MR) is 102 cm³/mol. The van der Waals surface area contributed by atoms with Gasteiger partial charge in [-0.25, -0.2) is 9.36 Å². The Morgan fingerprint density at radius 2 is 1.86 bits per heavy atom. The molecule has 11 heteroatoms. The van der Waals surface area contributed by atoms with Crippen molar-refractivity contribution in [2.75, 3.05) is 19.5 Å². The number of nitrogens with zero attached hydrogens (tertiary/aromatic N) is 5. The van der Waals surface area contributed by atoms with Crippen LogP contribution in [-0.2, 0) is 14.1 Å². The highest BCUT2D eigenvalue weighted by Crippen LogP contribution is 2.34. The number of benzene rings is 1. The number of amides is 1. The lowest BCUT2D eigenvalue weighted by Gasteiger charge is -2.13. The van der Waals surface area contributed by atoms with Gasteiger partial charge in [0.15, 0.2) is 17.2 Å². The summed E-state index contributed by atoms with van der Waals surface area (Å²) in [6.07, 6.45) is 1.29. The van der Waals surface area contributed by atoms with E-state index < -0.39 is 11.5 Å². The van der Waals surface area contributed by atoms with E-state index in [4.69, 9.17) is 21.1 Å². The van der Waals surface area contributed by atoms with E-state index >= 15 is 0 Å². The summed E-state index contributed by atoms with van der Waals surface area (Å²) in [6.45, 7) is 0. The Hall–Kier alpha value is -3.40. The van der Waals surface area contributed by atoms with E-state index in [2.05, 4.69) is 20.5 Å². The Bertz CT molecular complexity index is 1110. The molecule has 2 aromatic heterocycles. The fraction of sp³-hybridized carbons (Fsp3) is 0.235. The van der Waals surface area contributed by atoms with Crippen LogP contribution < -0.4 is 20.3 Å². The average molecular weight is 405 g/mol. The summed E-state index contributed by atoms with van der Waals surface area (Å²) >= 11 is 6.41. The van der Waals surface area contributed by atoms with Crippen molar-refractivity contribution >= 4 is 23.5 Å². The summed E-state index contributed by atoms with van der Waals surface area (Å²) in [7, 11) is 6.04. The zero-order valence-corrected chi connectivity index (χ0v) is 16.3. The van der Waals surface area contributed by atoms with Gasteiger partial charge in [-0.3, -0.25) is 14.9 Å². The highest BCUT2D eigenvalue weighted by molar-refractivity contribution is 6.36. The van der Waals surface area contributed by atoms with Gasteiger partial charge in [-0.1, -0.05) is 17.7 Å². The molecule has 0 atom stereocenters. The van der Waals surface area contributed by atoms with Crippen LogP contribution in [0.5, 0.6) is 11.5 Å². The van der Waals surface area contributed by atoms with Gasteiger partial charge in [0.1, 0.15) is 6.33 Å². The molecule has 0 aliphatic rings. The first-order valence-corrected chi connectivity index (χ1v) is 8.39. The first-order valence-electron chi connectivity index (χ1n) is 8.02. The van der Waals surface area contributed by atoms with E-state index in [0.717, 1.165) is 4.68 Å². The first-order chi connectivity index (χ1) is 13.4. The molecule has 0 fully saturated rings. The van der Waals surface area contributed by atoms with Crippen LogP contribution in [0.1, 0.15) is 10.5 Å². The number of halogens is 1. The molecule has 0 aliphatic heterocycles. The Morgan fingerprint density at radius 1 is 1.14 bits per heavy atom. The smallest absolute Gasteiger partial charge is 0.280 e. The number of aryl methyl sites for hydroxylation is 2. The molecule has 0 saturated carbocycles. The number of hydrogen-bond acceptors (Lipinski definition) is 7. The molecule has 10 nitrogen and oxygen atoms in total. The van der Waals surface area contributed by atoms with Crippen LogP contribution in [0.15, 0.2) is 29.3 Å². The molecule has 3 aromatic rings. The fourth-order valence-corrected chi connectivity index (χ4v) is 2.88. The SMILES string of the molecule is COc1ccc(-c2c(Cl)c(C(=O)Nc3ncnn3C)nn(C)c2=O)cc1OC. The summed E-state index contributed by atoms with van der Waals surface area (Å²) < 4.78 is 12.9. The van der Waals surface area contributed by atoms with Crippen molar-refractivity contribution in [2.45, 2.75) is 0 Å². The monoisotopic (exact) mass is 404 g/mol. The minimum Gasteiger partial charge on any atom is -0.493 e. The van der Waals surface area contributed by atoms with Crippen LogP contribution in [0.3, 0.4) is 0 Å². The maximum Gasteiger partial charge on any atom is 0.280 e. The van der Waals surface area contributed by atoms with E-state index in [1.54, 1.807) is 25.2 Å². The molecule has 1 aromatic carbocycles. The van der Waals surface area contributed by atoms with Crippen LogP contribution in [-0.4, -0.2) is 44.7 Å². The topological polar surface area (TPSA) is 113 Å². The predicted octanol–water partition coefficient (Wildman–Crippen LogP) is 1.50. The number of ether oxygens (including phenoxy) is 2. The van der Waals surface area contributed by atoms with Gasteiger partial charge in [-0.15, -0.1) is 0 Å². The normalized spacial score (nSPS) is 10.6. The Labute approximate surface area is 164 Å². The number of aromatic nitrogens is 5. The van der Waals surface area contributed by atoms with Gasteiger partial charge in [-0.05, 0) is 17.7 Å². The molecule has 1 amide bonds. The molecule has 0 unspecified atom stereocenters. The van der Waals surface area contributed by atoms with Crippen molar-refractivity contribution in [1.82, 2.24) is 24.5 Å². The second kappa shape index (κ2) is 7.69. The molecule has 3 rings (SSSR count). The average Bonchev–Trinajstić information content (AvgIpc) is 3.09. The molecule has 28 heavy (non-hydrogen) atoms. The number of nitrogens with one attached hydrogen (secondary N) is 1. The van der Waals surface area contributed by atoms with Crippen LogP contribution in [0.2, 0.25) is 5.02 Å². The standard InChI is InChI=1S/C17H17ClN6O4/c1-23-16(26)12(9-5-6-10(27-3)11(7-9)28-4)13(18)14(22-23)15(25)21-17-19-8-20-24(17)2/h5-8H,1-4H3,(H,19,20,21,25). The molecule has 1 N–H and O–H groups in total. The molecule has 2 heterocycles. The lowest BCUT2D eigenvalue weighted by molar-refractivity contribution is 0.101. The van der Waals surface area contributed by atoms with Crippen molar-refractivity contribution in [3.05, 3.63) is 45.6 Å². The summed E-state index contributed by atoms with van der Waals surface area (Å²) in [5.41, 5.74) is -0.0226. The van der Waals surface area contributed by atoms with E-state index in [-0.39, 0.29) is 22.2 Å². The minimum atomic E-state index is -0.626. The molecule has 146 valence electrons. The van der Waals surface area contributed by atoms with Crippen LogP contribution in [0.4, 0.5) is 5.95 Å². The lowest BCUT2D eigenvalue weighted by Crippen LogP contribution is -2.27. The Balaban J connectivity index is 2.12. The summed E-state index contributed by atoms with van der Waals surface area (Å²) in [4.78, 5) is 29.3. The van der Waals surface area contributed by atoms with Gasteiger partial charge < -0.3 is 9.47 Å². The second-order valence-corrected chi connectivity index (χ2v) is 6.08. The lowest BCUT2D eigenvalue weighted by atomic mass is 10.1. The van der Waals surface area contributed by atoms with E-state index in [0.29, 0.717) is 17.1 Å². The zero-order valence-electron chi connectivity index (χ0n) is 15.6. The zero-order chi connectivity index (χ0) is 20.4. The summed E-state index contributed by atoms with van der Waals surface area (Å²) in [5.74, 6) is 0.497. The molecule has 0 saturated heterocycles. The van der Waals surface area contributed by atoms with Crippen LogP contribution in [0, 0.1) is 0 Å². The third-order valence-corrected chi connectivity index (χ3v) is 4.38. The highest BCUT2D eigenvalue weighted by atomic mass is 35.5. The number of carbonyl (C=O) groups excluding carboxylic acids is 1. The summed E-state index contributed by atoms with van der Waals surface area (Å²) in [6, 6.07) is 4.89. The fourth-order valence-electron chi connectivity index (χ4n) is 2.57. The number of anilines is 1. The maximum absolute atomic E-state index is 12.7. The number of carbonyl (C=O) groups is 1. The van der Waals surface area contributed by atoms with Gasteiger partial charge in [0.2, 0.25) is 5.95 Å². The van der Waals surface area contributed by atoms with Crippen LogP contribution in [0.25, 0.3) is 11.1 Å². The van der Waals surface area contributed by atoms with Gasteiger partial charge in [0.25, 0.3) is 11.5 Å². The second-order valence-electron chi connectivity index (χ2n) is 5.70. The van der Waals surface area contributed by atoms with Gasteiger partial charge in [0.05, 0.1) is 24.8 Å². The number of hydrogen-bond donors (Lipinski definition) is 1. The van der Waals surface area contributed by atoms with E-state index in [1.807, 2.05) is 0 Å². The van der Waals surface area contributed by atoms with Crippen molar-refractivity contribution in [1.29, 1.82) is 0 Å². The first kappa shape index (κ1) is 19.4. The third-order valence-electron chi connectivity index (χ3n) is 4.01. The molecular formula is C17H17ClN6O4. The molecule has 0 bridgehead atoms. The summed E-state index contributed by atoms with van der Waals surface area (Å²) in [5, 5.41) is 10.3. The highest BCUT2D eigenvalue weighted by Gasteiger charge is 2.23. The van der Waals surface area contributed by atoms with Crippen molar-refractivity contribution < 1.29 is 14.3 Å². The quantitative estimate of drug-likeness (QED) is 0.685. The third kappa shape index (κ3) is 3.41.